The fourth-order valence-electron chi connectivity index (χ4n) is 3.73. The second kappa shape index (κ2) is 10.9. The summed E-state index contributed by atoms with van der Waals surface area (Å²) in [5, 5.41) is 3.78. The van der Waals surface area contributed by atoms with Gasteiger partial charge in [-0.2, -0.15) is 0 Å². The van der Waals surface area contributed by atoms with Crippen molar-refractivity contribution in [2.75, 3.05) is 50.1 Å². The summed E-state index contributed by atoms with van der Waals surface area (Å²) < 4.78 is 10.7. The molecule has 0 spiro atoms. The Kier molecular flexibility index (Phi) is 7.49. The monoisotopic (exact) mass is 480 g/mol. The highest BCUT2D eigenvalue weighted by Gasteiger charge is 2.23. The number of hydrogen-bond acceptors (Lipinski definition) is 7. The number of amides is 1. The summed E-state index contributed by atoms with van der Waals surface area (Å²) in [6.07, 6.45) is 1.57. The fourth-order valence-corrected chi connectivity index (χ4v) is 3.91. The number of esters is 1. The molecule has 2 aromatic carbocycles. The topological polar surface area (TPSA) is 84.0 Å². The van der Waals surface area contributed by atoms with Crippen LogP contribution in [-0.2, 0) is 9.53 Å². The molecule has 2 heterocycles. The van der Waals surface area contributed by atoms with E-state index in [-0.39, 0.29) is 18.1 Å². The predicted octanol–water partition coefficient (Wildman–Crippen LogP) is 3.99. The zero-order valence-electron chi connectivity index (χ0n) is 18.7. The third kappa shape index (κ3) is 5.58. The van der Waals surface area contributed by atoms with E-state index in [4.69, 9.17) is 21.1 Å². The molecule has 1 saturated heterocycles. The van der Waals surface area contributed by atoms with Crippen LogP contribution in [0.3, 0.4) is 0 Å². The van der Waals surface area contributed by atoms with E-state index in [1.54, 1.807) is 36.4 Å². The van der Waals surface area contributed by atoms with Gasteiger partial charge in [0.15, 0.2) is 6.61 Å². The first kappa shape index (κ1) is 23.4. The van der Waals surface area contributed by atoms with Crippen LogP contribution in [0.5, 0.6) is 5.75 Å². The highest BCUT2D eigenvalue weighted by Crippen LogP contribution is 2.28. The zero-order valence-corrected chi connectivity index (χ0v) is 19.5. The van der Waals surface area contributed by atoms with Gasteiger partial charge in [0, 0.05) is 43.1 Å². The average molecular weight is 481 g/mol. The number of aromatic nitrogens is 1. The minimum absolute atomic E-state index is 0.229. The Balaban J connectivity index is 1.33. The molecule has 1 aliphatic rings. The predicted molar refractivity (Wildman–Crippen MR) is 131 cm³/mol. The first-order chi connectivity index (χ1) is 16.5. The molecule has 0 bridgehead atoms. The number of carbonyl (C=O) groups is 2. The standard InChI is InChI=1S/C25H25ClN4O4/c1-33-22-10-3-2-9-21(22)28-24-20(8-5-11-27-24)25(32)34-17-23(31)30-14-12-29(13-15-30)19-7-4-6-18(26)16-19/h2-11,16H,12-15,17H2,1H3,(H,27,28). The molecule has 0 unspecified atom stereocenters. The molecule has 1 N–H and O–H groups in total. The van der Waals surface area contributed by atoms with Gasteiger partial charge < -0.3 is 24.6 Å². The molecule has 8 nitrogen and oxygen atoms in total. The Morgan fingerprint density at radius 2 is 1.82 bits per heavy atom. The van der Waals surface area contributed by atoms with Gasteiger partial charge in [-0.1, -0.05) is 29.8 Å². The van der Waals surface area contributed by atoms with Gasteiger partial charge in [-0.05, 0) is 42.5 Å². The average Bonchev–Trinajstić information content (AvgIpc) is 2.88. The highest BCUT2D eigenvalue weighted by molar-refractivity contribution is 6.30. The van der Waals surface area contributed by atoms with Crippen LogP contribution in [0.25, 0.3) is 0 Å². The second-order valence-electron chi connectivity index (χ2n) is 7.65. The van der Waals surface area contributed by atoms with Crippen molar-refractivity contribution in [2.24, 2.45) is 0 Å². The molecule has 0 radical (unpaired) electrons. The van der Waals surface area contributed by atoms with Gasteiger partial charge in [0.2, 0.25) is 0 Å². The second-order valence-corrected chi connectivity index (χ2v) is 8.09. The van der Waals surface area contributed by atoms with E-state index in [0.717, 1.165) is 5.69 Å². The van der Waals surface area contributed by atoms with Crippen LogP contribution in [0.4, 0.5) is 17.2 Å². The number of nitrogens with zero attached hydrogens (tertiary/aromatic N) is 3. The van der Waals surface area contributed by atoms with Crippen LogP contribution in [0.15, 0.2) is 66.9 Å². The van der Waals surface area contributed by atoms with E-state index in [2.05, 4.69) is 15.2 Å². The van der Waals surface area contributed by atoms with E-state index in [1.165, 1.54) is 0 Å². The number of anilines is 3. The lowest BCUT2D eigenvalue weighted by atomic mass is 10.2. The molecular weight excluding hydrogens is 456 g/mol. The number of carbonyl (C=O) groups excluding carboxylic acids is 2. The van der Waals surface area contributed by atoms with E-state index in [1.807, 2.05) is 42.5 Å². The van der Waals surface area contributed by atoms with E-state index >= 15 is 0 Å². The molecule has 1 aromatic heterocycles. The number of halogens is 1. The zero-order chi connectivity index (χ0) is 23.9. The fraction of sp³-hybridized carbons (Fsp3) is 0.240. The van der Waals surface area contributed by atoms with Gasteiger partial charge in [0.1, 0.15) is 17.1 Å². The van der Waals surface area contributed by atoms with Gasteiger partial charge in [-0.3, -0.25) is 4.79 Å². The van der Waals surface area contributed by atoms with E-state index in [9.17, 15) is 9.59 Å². The molecule has 4 rings (SSSR count). The number of benzene rings is 2. The molecule has 1 amide bonds. The molecule has 0 aliphatic carbocycles. The van der Waals surface area contributed by atoms with E-state index in [0.29, 0.717) is 48.5 Å². The number of pyridine rings is 1. The van der Waals surface area contributed by atoms with Crippen LogP contribution in [0, 0.1) is 0 Å². The van der Waals surface area contributed by atoms with Crippen molar-refractivity contribution in [1.82, 2.24) is 9.88 Å². The van der Waals surface area contributed by atoms with Crippen molar-refractivity contribution in [3.05, 3.63) is 77.4 Å². The van der Waals surface area contributed by atoms with Gasteiger partial charge in [-0.15, -0.1) is 0 Å². The Morgan fingerprint density at radius 1 is 1.03 bits per heavy atom. The minimum Gasteiger partial charge on any atom is -0.495 e. The summed E-state index contributed by atoms with van der Waals surface area (Å²) in [5.74, 6) is 0.0674. The smallest absolute Gasteiger partial charge is 0.342 e. The van der Waals surface area contributed by atoms with Gasteiger partial charge in [-0.25, -0.2) is 9.78 Å². The van der Waals surface area contributed by atoms with Crippen LogP contribution >= 0.6 is 11.6 Å². The van der Waals surface area contributed by atoms with Crippen LogP contribution in [0.1, 0.15) is 10.4 Å². The van der Waals surface area contributed by atoms with Crippen molar-refractivity contribution in [3.8, 4) is 5.75 Å². The lowest BCUT2D eigenvalue weighted by Crippen LogP contribution is -2.49. The number of para-hydroxylation sites is 2. The maximum atomic E-state index is 12.7. The lowest BCUT2D eigenvalue weighted by molar-refractivity contribution is -0.134. The molecule has 0 atom stereocenters. The van der Waals surface area contributed by atoms with Crippen LogP contribution in [-0.4, -0.2) is 61.7 Å². The first-order valence-corrected chi connectivity index (χ1v) is 11.2. The first-order valence-electron chi connectivity index (χ1n) is 10.9. The quantitative estimate of drug-likeness (QED) is 0.512. The summed E-state index contributed by atoms with van der Waals surface area (Å²) in [4.78, 5) is 33.5. The number of rotatable bonds is 7. The number of piperazine rings is 1. The SMILES string of the molecule is COc1ccccc1Nc1ncccc1C(=O)OCC(=O)N1CCN(c2cccc(Cl)c2)CC1. The minimum atomic E-state index is -0.628. The summed E-state index contributed by atoms with van der Waals surface area (Å²) >= 11 is 6.08. The Bertz CT molecular complexity index is 1160. The normalized spacial score (nSPS) is 13.4. The lowest BCUT2D eigenvalue weighted by Gasteiger charge is -2.36. The molecule has 1 fully saturated rings. The van der Waals surface area contributed by atoms with Gasteiger partial charge in [0.25, 0.3) is 5.91 Å². The maximum Gasteiger partial charge on any atom is 0.342 e. The Morgan fingerprint density at radius 3 is 2.59 bits per heavy atom. The summed E-state index contributed by atoms with van der Waals surface area (Å²) in [7, 11) is 1.56. The van der Waals surface area contributed by atoms with Gasteiger partial charge >= 0.3 is 5.97 Å². The molecule has 0 saturated carbocycles. The molecule has 1 aliphatic heterocycles. The van der Waals surface area contributed by atoms with Crippen molar-refractivity contribution in [2.45, 2.75) is 0 Å². The molecule has 3 aromatic rings. The number of nitrogens with one attached hydrogen (secondary N) is 1. The molecule has 176 valence electrons. The Hall–Kier alpha value is -3.78. The number of hydrogen-bond donors (Lipinski definition) is 1. The van der Waals surface area contributed by atoms with Crippen molar-refractivity contribution in [1.29, 1.82) is 0 Å². The van der Waals surface area contributed by atoms with Crippen molar-refractivity contribution in [3.63, 3.8) is 0 Å². The van der Waals surface area contributed by atoms with Crippen LogP contribution < -0.4 is 15.0 Å². The highest BCUT2D eigenvalue weighted by atomic mass is 35.5. The third-order valence-electron chi connectivity index (χ3n) is 5.52. The maximum absolute atomic E-state index is 12.7. The summed E-state index contributed by atoms with van der Waals surface area (Å²) in [6.45, 7) is 2.09. The van der Waals surface area contributed by atoms with Crippen molar-refractivity contribution >= 4 is 40.7 Å². The number of methoxy groups -OCH3 is 1. The largest absolute Gasteiger partial charge is 0.495 e. The molecule has 9 heteroatoms. The van der Waals surface area contributed by atoms with E-state index < -0.39 is 5.97 Å². The van der Waals surface area contributed by atoms with Crippen LogP contribution in [0.2, 0.25) is 5.02 Å². The van der Waals surface area contributed by atoms with Crippen molar-refractivity contribution < 1.29 is 19.1 Å². The van der Waals surface area contributed by atoms with Gasteiger partial charge in [0.05, 0.1) is 12.8 Å². The summed E-state index contributed by atoms with van der Waals surface area (Å²) in [5.41, 5.74) is 1.91. The third-order valence-corrected chi connectivity index (χ3v) is 5.76. The molecular formula is C25H25ClN4O4. The summed E-state index contributed by atoms with van der Waals surface area (Å²) in [6, 6.07) is 18.2. The Labute approximate surface area is 203 Å². The molecule has 34 heavy (non-hydrogen) atoms. The number of ether oxygens (including phenoxy) is 2.